The molecule has 1 aromatic rings. The van der Waals surface area contributed by atoms with Crippen LogP contribution in [-0.4, -0.2) is 48.5 Å². The molecule has 4 nitrogen and oxygen atoms in total. The topological polar surface area (TPSA) is 86.7 Å². The molecule has 0 fully saturated rings. The average molecular weight is 295 g/mol. The first-order valence-corrected chi connectivity index (χ1v) is 5.34. The lowest BCUT2D eigenvalue weighted by molar-refractivity contribution is 0.0698. The van der Waals surface area contributed by atoms with E-state index in [4.69, 9.17) is 28.9 Å². The van der Waals surface area contributed by atoms with Crippen LogP contribution in [0.5, 0.6) is 0 Å². The molecule has 0 aliphatic heterocycles. The van der Waals surface area contributed by atoms with Crippen molar-refractivity contribution in [3.63, 3.8) is 0 Å². The van der Waals surface area contributed by atoms with Gasteiger partial charge in [0.05, 0.1) is 25.4 Å². The number of hydrogen-bond donors (Lipinski definition) is 4. The second kappa shape index (κ2) is 7.58. The second-order valence-electron chi connectivity index (χ2n) is 4.13. The predicted molar refractivity (Wildman–Crippen MR) is 64.6 cm³/mol. The second-order valence-corrected chi connectivity index (χ2v) is 4.13. The molecule has 0 atom stereocenters. The summed E-state index contributed by atoms with van der Waals surface area (Å²) >= 11 is 0. The highest BCUT2D eigenvalue weighted by Crippen LogP contribution is 2.15. The first-order valence-electron chi connectivity index (χ1n) is 5.34. The maximum Gasteiger partial charge on any atom is 0.164 e. The normalized spacial score (nSPS) is 11.1. The standard InChI is InChI=1S/C7H3BF4.C4H11NO3/c1-2-4(9)6(11)3(8)7(12)5(2)10;5-4(1-6,2-7)3-8/h1H3;6-8H,1-3,5H2. The predicted octanol–water partition coefficient (Wildman–Crippen LogP) is -0.994. The summed E-state index contributed by atoms with van der Waals surface area (Å²) in [4.78, 5) is 0. The molecule has 0 saturated heterocycles. The summed E-state index contributed by atoms with van der Waals surface area (Å²) in [6, 6.07) is 0. The van der Waals surface area contributed by atoms with E-state index >= 15 is 0 Å². The quantitative estimate of drug-likeness (QED) is 0.327. The third-order valence-corrected chi connectivity index (χ3v) is 2.46. The maximum absolute atomic E-state index is 12.6. The molecular weight excluding hydrogens is 281 g/mol. The first kappa shape index (κ1) is 18.8. The van der Waals surface area contributed by atoms with Crippen molar-refractivity contribution in [1.29, 1.82) is 0 Å². The largest absolute Gasteiger partial charge is 0.394 e. The number of aliphatic hydroxyl groups is 3. The van der Waals surface area contributed by atoms with Crippen molar-refractivity contribution in [2.45, 2.75) is 12.5 Å². The van der Waals surface area contributed by atoms with Gasteiger partial charge in [0, 0.05) is 5.56 Å². The van der Waals surface area contributed by atoms with Gasteiger partial charge < -0.3 is 21.1 Å². The van der Waals surface area contributed by atoms with Gasteiger partial charge in [0.1, 0.15) is 7.85 Å². The lowest BCUT2D eigenvalue weighted by Crippen LogP contribution is -2.50. The van der Waals surface area contributed by atoms with Crippen LogP contribution in [0, 0.1) is 30.2 Å². The molecule has 20 heavy (non-hydrogen) atoms. The zero-order chi connectivity index (χ0) is 16.1. The Balaban J connectivity index is 0.000000396. The zero-order valence-corrected chi connectivity index (χ0v) is 10.6. The molecule has 1 rings (SSSR count). The third kappa shape index (κ3) is 4.17. The molecule has 0 bridgehead atoms. The van der Waals surface area contributed by atoms with Crippen LogP contribution in [0.25, 0.3) is 0 Å². The van der Waals surface area contributed by atoms with Crippen molar-refractivity contribution in [2.75, 3.05) is 19.8 Å². The van der Waals surface area contributed by atoms with Crippen LogP contribution >= 0.6 is 0 Å². The van der Waals surface area contributed by atoms with E-state index in [0.717, 1.165) is 6.92 Å². The van der Waals surface area contributed by atoms with Gasteiger partial charge in [-0.2, -0.15) is 0 Å². The molecule has 0 saturated carbocycles. The van der Waals surface area contributed by atoms with Gasteiger partial charge in [0.15, 0.2) is 23.3 Å². The van der Waals surface area contributed by atoms with Gasteiger partial charge in [-0.25, -0.2) is 17.6 Å². The Kier molecular flexibility index (Phi) is 7.14. The maximum atomic E-state index is 12.6. The molecule has 0 aliphatic rings. The number of halogens is 4. The monoisotopic (exact) mass is 295 g/mol. The van der Waals surface area contributed by atoms with Gasteiger partial charge in [0.2, 0.25) is 0 Å². The van der Waals surface area contributed by atoms with Crippen LogP contribution in [0.4, 0.5) is 17.6 Å². The van der Waals surface area contributed by atoms with E-state index in [1.54, 1.807) is 0 Å². The van der Waals surface area contributed by atoms with Crippen molar-refractivity contribution in [1.82, 2.24) is 0 Å². The van der Waals surface area contributed by atoms with Crippen LogP contribution in [-0.2, 0) is 0 Å². The van der Waals surface area contributed by atoms with Crippen LogP contribution in [0.2, 0.25) is 0 Å². The molecule has 1 aromatic carbocycles. The molecule has 112 valence electrons. The SMILES string of the molecule is NC(CO)(CO)CO.[B]c1c(F)c(F)c(C)c(F)c1F. The number of nitrogens with two attached hydrogens (primary N) is 1. The van der Waals surface area contributed by atoms with Crippen LogP contribution in [0.15, 0.2) is 0 Å². The van der Waals surface area contributed by atoms with Gasteiger partial charge in [0.25, 0.3) is 0 Å². The summed E-state index contributed by atoms with van der Waals surface area (Å²) < 4.78 is 50.2. The number of hydrogen-bond acceptors (Lipinski definition) is 4. The molecule has 0 heterocycles. The fourth-order valence-corrected chi connectivity index (χ4v) is 0.908. The lowest BCUT2D eigenvalue weighted by atomic mass is 9.93. The molecular formula is C11H14BF4NO3. The Morgan fingerprint density at radius 1 is 0.900 bits per heavy atom. The van der Waals surface area contributed by atoms with Crippen LogP contribution in [0.3, 0.4) is 0 Å². The fraction of sp³-hybridized carbons (Fsp3) is 0.455. The number of rotatable bonds is 3. The minimum Gasteiger partial charge on any atom is -0.394 e. The fourth-order valence-electron chi connectivity index (χ4n) is 0.908. The van der Waals surface area contributed by atoms with Gasteiger partial charge in [-0.3, -0.25) is 0 Å². The molecule has 9 heteroatoms. The molecule has 5 N–H and O–H groups in total. The van der Waals surface area contributed by atoms with E-state index in [1.807, 2.05) is 0 Å². The summed E-state index contributed by atoms with van der Waals surface area (Å²) in [5, 5.41) is 25.0. The number of benzene rings is 1. The van der Waals surface area contributed by atoms with E-state index in [9.17, 15) is 17.6 Å². The highest BCUT2D eigenvalue weighted by molar-refractivity contribution is 6.32. The summed E-state index contributed by atoms with van der Waals surface area (Å²) in [6.07, 6.45) is 0. The molecule has 0 unspecified atom stereocenters. The first-order chi connectivity index (χ1) is 9.15. The number of aliphatic hydroxyl groups excluding tert-OH is 3. The molecule has 0 aliphatic carbocycles. The highest BCUT2D eigenvalue weighted by atomic mass is 19.2. The third-order valence-electron chi connectivity index (χ3n) is 2.46. The Morgan fingerprint density at radius 2 is 1.20 bits per heavy atom. The van der Waals surface area contributed by atoms with Crippen molar-refractivity contribution in [2.24, 2.45) is 5.73 Å². The smallest absolute Gasteiger partial charge is 0.164 e. The Morgan fingerprint density at radius 3 is 1.40 bits per heavy atom. The van der Waals surface area contributed by atoms with Crippen LogP contribution < -0.4 is 11.2 Å². The Bertz CT molecular complexity index is 356. The van der Waals surface area contributed by atoms with E-state index in [1.165, 1.54) is 0 Å². The molecule has 2 radical (unpaired) electrons. The summed E-state index contributed by atoms with van der Waals surface area (Å²) in [5.74, 6) is -6.00. The van der Waals surface area contributed by atoms with Crippen molar-refractivity contribution in [3.8, 4) is 0 Å². The summed E-state index contributed by atoms with van der Waals surface area (Å²) in [6.45, 7) is -0.281. The van der Waals surface area contributed by atoms with Gasteiger partial charge in [-0.05, 0) is 12.4 Å². The van der Waals surface area contributed by atoms with E-state index in [2.05, 4.69) is 0 Å². The van der Waals surface area contributed by atoms with Crippen molar-refractivity contribution in [3.05, 3.63) is 28.8 Å². The van der Waals surface area contributed by atoms with Gasteiger partial charge in [-0.15, -0.1) is 0 Å². The average Bonchev–Trinajstić information content (AvgIpc) is 2.48. The molecule has 0 spiro atoms. The van der Waals surface area contributed by atoms with Crippen molar-refractivity contribution >= 4 is 13.3 Å². The minimum absolute atomic E-state index is 0.403. The van der Waals surface area contributed by atoms with E-state index in [0.29, 0.717) is 0 Å². The van der Waals surface area contributed by atoms with Crippen molar-refractivity contribution < 1.29 is 32.9 Å². The minimum atomic E-state index is -1.55. The van der Waals surface area contributed by atoms with Gasteiger partial charge >= 0.3 is 0 Å². The zero-order valence-electron chi connectivity index (χ0n) is 10.6. The molecule has 0 amide bonds. The van der Waals surface area contributed by atoms with Gasteiger partial charge in [-0.1, -0.05) is 0 Å². The van der Waals surface area contributed by atoms with E-state index < -0.39 is 59.7 Å². The molecule has 0 aromatic heterocycles. The highest BCUT2D eigenvalue weighted by Gasteiger charge is 2.21. The summed E-state index contributed by atoms with van der Waals surface area (Å²) in [5.41, 5.74) is 2.10. The Hall–Kier alpha value is -1.16. The summed E-state index contributed by atoms with van der Waals surface area (Å²) in [7, 11) is 4.72. The Labute approximate surface area is 114 Å². The lowest BCUT2D eigenvalue weighted by Gasteiger charge is -2.20. The van der Waals surface area contributed by atoms with E-state index in [-0.39, 0.29) is 0 Å². The van der Waals surface area contributed by atoms with Crippen LogP contribution in [0.1, 0.15) is 5.56 Å².